The van der Waals surface area contributed by atoms with Gasteiger partial charge in [-0.1, -0.05) is 0 Å². The Morgan fingerprint density at radius 3 is 2.37 bits per heavy atom. The van der Waals surface area contributed by atoms with E-state index >= 15 is 0 Å². The summed E-state index contributed by atoms with van der Waals surface area (Å²) in [6.45, 7) is 0.287. The summed E-state index contributed by atoms with van der Waals surface area (Å²) in [6.07, 6.45) is -1.84. The molecule has 1 heterocycles. The Morgan fingerprint density at radius 2 is 1.89 bits per heavy atom. The molecule has 0 aliphatic carbocycles. The van der Waals surface area contributed by atoms with Crippen LogP contribution in [0.2, 0.25) is 0 Å². The molecule has 2 rings (SSSR count). The molecule has 0 aromatic heterocycles. The van der Waals surface area contributed by atoms with Gasteiger partial charge < -0.3 is 20.2 Å². The Morgan fingerprint density at radius 1 is 1.32 bits per heavy atom. The van der Waals surface area contributed by atoms with Gasteiger partial charge in [-0.2, -0.15) is 0 Å². The lowest BCUT2D eigenvalue weighted by molar-refractivity contribution is -0.385. The fourth-order valence-corrected chi connectivity index (χ4v) is 2.03. The van der Waals surface area contributed by atoms with E-state index in [1.807, 2.05) is 0 Å². The molecule has 1 fully saturated rings. The number of aliphatic hydroxyl groups is 2. The molecule has 0 bridgehead atoms. The first-order chi connectivity index (χ1) is 8.90. The first-order valence-corrected chi connectivity index (χ1v) is 5.53. The second-order valence-electron chi connectivity index (χ2n) is 4.30. The van der Waals surface area contributed by atoms with Crippen LogP contribution in [-0.2, 0) is 0 Å². The molecule has 2 unspecified atom stereocenters. The third-order valence-corrected chi connectivity index (χ3v) is 3.03. The van der Waals surface area contributed by atoms with E-state index in [-0.39, 0.29) is 13.1 Å². The molecule has 102 valence electrons. The number of anilines is 1. The molecule has 19 heavy (non-hydrogen) atoms. The highest BCUT2D eigenvalue weighted by molar-refractivity contribution is 5.93. The van der Waals surface area contributed by atoms with Crippen molar-refractivity contribution in [3.05, 3.63) is 33.9 Å². The highest BCUT2D eigenvalue weighted by Gasteiger charge is 2.31. The lowest BCUT2D eigenvalue weighted by Gasteiger charge is -2.17. The number of benzene rings is 1. The predicted molar refractivity (Wildman–Crippen MR) is 64.3 cm³/mol. The Balaban J connectivity index is 2.36. The van der Waals surface area contributed by atoms with E-state index in [4.69, 9.17) is 5.11 Å². The summed E-state index contributed by atoms with van der Waals surface area (Å²) in [5, 5.41) is 38.6. The number of rotatable bonds is 3. The number of carbonyl (C=O) groups is 1. The number of nitrogens with zero attached hydrogens (tertiary/aromatic N) is 2. The Kier molecular flexibility index (Phi) is 3.36. The van der Waals surface area contributed by atoms with E-state index < -0.39 is 34.4 Å². The van der Waals surface area contributed by atoms with Crippen molar-refractivity contribution >= 4 is 17.3 Å². The van der Waals surface area contributed by atoms with Crippen molar-refractivity contribution in [1.29, 1.82) is 0 Å². The van der Waals surface area contributed by atoms with Gasteiger partial charge in [-0.3, -0.25) is 10.1 Å². The quantitative estimate of drug-likeness (QED) is 0.513. The van der Waals surface area contributed by atoms with Gasteiger partial charge in [-0.15, -0.1) is 0 Å². The molecule has 1 aliphatic heterocycles. The van der Waals surface area contributed by atoms with Gasteiger partial charge >= 0.3 is 5.97 Å². The molecule has 3 N–H and O–H groups in total. The largest absolute Gasteiger partial charge is 0.477 e. The summed E-state index contributed by atoms with van der Waals surface area (Å²) in [4.78, 5) is 22.5. The van der Waals surface area contributed by atoms with Gasteiger partial charge in [0.05, 0.1) is 17.1 Å². The molecule has 1 aromatic carbocycles. The molecule has 8 nitrogen and oxygen atoms in total. The van der Waals surface area contributed by atoms with Crippen LogP contribution in [0.4, 0.5) is 11.4 Å². The Labute approximate surface area is 107 Å². The summed E-state index contributed by atoms with van der Waals surface area (Å²) in [6, 6.07) is 3.70. The van der Waals surface area contributed by atoms with Crippen LogP contribution < -0.4 is 4.90 Å². The van der Waals surface area contributed by atoms with Gasteiger partial charge in [-0.05, 0) is 12.1 Å². The zero-order valence-corrected chi connectivity index (χ0v) is 9.76. The van der Waals surface area contributed by atoms with E-state index in [0.717, 1.165) is 12.1 Å². The minimum Gasteiger partial charge on any atom is -0.477 e. The number of nitro benzene ring substituents is 1. The summed E-state index contributed by atoms with van der Waals surface area (Å²) in [5.74, 6) is -1.38. The maximum Gasteiger partial charge on any atom is 0.342 e. The normalized spacial score (nSPS) is 22.5. The molecule has 0 radical (unpaired) electrons. The fourth-order valence-electron chi connectivity index (χ4n) is 2.03. The topological polar surface area (TPSA) is 124 Å². The zero-order valence-electron chi connectivity index (χ0n) is 9.76. The Hall–Kier alpha value is -2.19. The smallest absolute Gasteiger partial charge is 0.342 e. The van der Waals surface area contributed by atoms with Crippen LogP contribution in [-0.4, -0.2) is 51.5 Å². The van der Waals surface area contributed by atoms with Crippen LogP contribution in [0.25, 0.3) is 0 Å². The van der Waals surface area contributed by atoms with Gasteiger partial charge in [0.25, 0.3) is 5.69 Å². The van der Waals surface area contributed by atoms with Crippen LogP contribution in [0.5, 0.6) is 0 Å². The number of nitro groups is 1. The van der Waals surface area contributed by atoms with E-state index in [9.17, 15) is 25.1 Å². The predicted octanol–water partition coefficient (Wildman–Crippen LogP) is -0.165. The van der Waals surface area contributed by atoms with Crippen molar-refractivity contribution in [2.75, 3.05) is 18.0 Å². The van der Waals surface area contributed by atoms with Gasteiger partial charge in [-0.25, -0.2) is 4.79 Å². The van der Waals surface area contributed by atoms with E-state index in [1.54, 1.807) is 4.90 Å². The van der Waals surface area contributed by atoms with Crippen LogP contribution in [0.3, 0.4) is 0 Å². The lowest BCUT2D eigenvalue weighted by atomic mass is 10.1. The summed E-state index contributed by atoms with van der Waals surface area (Å²) < 4.78 is 0. The van der Waals surface area contributed by atoms with Gasteiger partial charge in [0.1, 0.15) is 5.56 Å². The van der Waals surface area contributed by atoms with Crippen molar-refractivity contribution in [3.8, 4) is 0 Å². The van der Waals surface area contributed by atoms with Crippen molar-refractivity contribution in [2.24, 2.45) is 0 Å². The molecule has 0 spiro atoms. The maximum absolute atomic E-state index is 10.9. The number of hydrogen-bond acceptors (Lipinski definition) is 6. The second kappa shape index (κ2) is 4.82. The van der Waals surface area contributed by atoms with E-state index in [2.05, 4.69) is 0 Å². The summed E-state index contributed by atoms with van der Waals surface area (Å²) in [7, 11) is 0. The molecular formula is C11H12N2O6. The number of aliphatic hydroxyl groups excluding tert-OH is 2. The number of carboxylic acid groups (broad SMARTS) is 1. The van der Waals surface area contributed by atoms with Gasteiger partial charge in [0.2, 0.25) is 0 Å². The molecule has 1 saturated heterocycles. The summed E-state index contributed by atoms with van der Waals surface area (Å²) in [5.41, 5.74) is -0.512. The van der Waals surface area contributed by atoms with Crippen LogP contribution in [0.1, 0.15) is 10.4 Å². The number of aromatic carboxylic acids is 1. The minimum atomic E-state index is -1.38. The number of hydrogen-bond donors (Lipinski definition) is 3. The molecule has 1 aliphatic rings. The first-order valence-electron chi connectivity index (χ1n) is 5.53. The minimum absolute atomic E-state index is 0.144. The molecule has 8 heteroatoms. The van der Waals surface area contributed by atoms with Crippen LogP contribution in [0.15, 0.2) is 18.2 Å². The van der Waals surface area contributed by atoms with Gasteiger partial charge in [0.15, 0.2) is 0 Å². The van der Waals surface area contributed by atoms with Crippen molar-refractivity contribution in [3.63, 3.8) is 0 Å². The monoisotopic (exact) mass is 268 g/mol. The van der Waals surface area contributed by atoms with Crippen molar-refractivity contribution in [1.82, 2.24) is 0 Å². The molecule has 2 atom stereocenters. The van der Waals surface area contributed by atoms with Gasteiger partial charge in [0, 0.05) is 24.8 Å². The lowest BCUT2D eigenvalue weighted by Crippen LogP contribution is -2.22. The van der Waals surface area contributed by atoms with Crippen molar-refractivity contribution in [2.45, 2.75) is 12.2 Å². The standard InChI is InChI=1S/C11H12N2O6/c14-9-4-12(5-10(9)15)6-1-2-7(11(16)17)8(3-6)13(18)19/h1-3,9-10,14-15H,4-5H2,(H,16,17). The van der Waals surface area contributed by atoms with E-state index in [1.165, 1.54) is 6.07 Å². The van der Waals surface area contributed by atoms with Crippen LogP contribution in [0, 0.1) is 10.1 Å². The molecule has 1 aromatic rings. The number of carboxylic acids is 1. The SMILES string of the molecule is O=C(O)c1ccc(N2CC(O)C(O)C2)cc1[N+](=O)[O-]. The highest BCUT2D eigenvalue weighted by Crippen LogP contribution is 2.28. The summed E-state index contributed by atoms with van der Waals surface area (Å²) >= 11 is 0. The highest BCUT2D eigenvalue weighted by atomic mass is 16.6. The van der Waals surface area contributed by atoms with E-state index in [0.29, 0.717) is 5.69 Å². The molecule has 0 amide bonds. The second-order valence-corrected chi connectivity index (χ2v) is 4.30. The average Bonchev–Trinajstić information content (AvgIpc) is 2.68. The van der Waals surface area contributed by atoms with Crippen molar-refractivity contribution < 1.29 is 25.0 Å². The first kappa shape index (κ1) is 13.2. The molecular weight excluding hydrogens is 256 g/mol. The maximum atomic E-state index is 10.9. The third kappa shape index (κ3) is 2.49. The number of β-amino-alcohol motifs (C(OH)–C–C–N with tert-alkyl or cyclic N) is 2. The fraction of sp³-hybridized carbons (Fsp3) is 0.364. The molecule has 0 saturated carbocycles. The third-order valence-electron chi connectivity index (χ3n) is 3.03. The zero-order chi connectivity index (χ0) is 14.2. The average molecular weight is 268 g/mol. The Bertz CT molecular complexity index is 522. The van der Waals surface area contributed by atoms with Crippen LogP contribution >= 0.6 is 0 Å².